The number of benzene rings is 1. The maximum atomic E-state index is 9.10. The molecule has 0 amide bonds. The highest BCUT2D eigenvalue weighted by Crippen LogP contribution is 2.19. The third-order valence-electron chi connectivity index (χ3n) is 3.20. The maximum absolute atomic E-state index is 9.10. The zero-order chi connectivity index (χ0) is 16.1. The smallest absolute Gasteiger partial charge is 0.119 e. The monoisotopic (exact) mass is 275 g/mol. The molecule has 0 saturated heterocycles. The first-order valence-electron chi connectivity index (χ1n) is 6.23. The van der Waals surface area contributed by atoms with Crippen molar-refractivity contribution in [2.45, 2.75) is 45.8 Å². The quantitative estimate of drug-likeness (QED) is 0.795. The minimum atomic E-state index is -1.01. The van der Waals surface area contributed by atoms with E-state index in [1.807, 2.05) is 13.0 Å². The summed E-state index contributed by atoms with van der Waals surface area (Å²) >= 11 is 0. The van der Waals surface area contributed by atoms with Gasteiger partial charge in [0.15, 0.2) is 0 Å². The Balaban J connectivity index is 0.000000396. The molecule has 1 aromatic carbocycles. The van der Waals surface area contributed by atoms with Crippen LogP contribution >= 0.6 is 0 Å². The van der Waals surface area contributed by atoms with Gasteiger partial charge in [0, 0.05) is 0 Å². The molecule has 0 fully saturated rings. The second-order valence-electron chi connectivity index (χ2n) is 5.64. The van der Waals surface area contributed by atoms with Gasteiger partial charge in [0.05, 0.1) is 29.9 Å². The standard InChI is InChI=1S/C9H8BNO.C6H14O2/c1-6-3-7(5-11)4-8(12-2)9(6)10;1-5(2,7)6(3,4)8/h3-4H,1-2H3;7-8H,1-4H3. The summed E-state index contributed by atoms with van der Waals surface area (Å²) in [5, 5.41) is 26.8. The summed E-state index contributed by atoms with van der Waals surface area (Å²) in [5.41, 5.74) is 0.0148. The molecule has 0 saturated carbocycles. The number of nitrogens with zero attached hydrogens (tertiary/aromatic N) is 1. The van der Waals surface area contributed by atoms with Gasteiger partial charge in [0.1, 0.15) is 13.6 Å². The van der Waals surface area contributed by atoms with Crippen LogP contribution in [0.5, 0.6) is 5.75 Å². The molecule has 0 atom stereocenters. The van der Waals surface area contributed by atoms with Crippen molar-refractivity contribution in [3.63, 3.8) is 0 Å². The molecule has 5 heteroatoms. The third kappa shape index (κ3) is 5.24. The van der Waals surface area contributed by atoms with Gasteiger partial charge < -0.3 is 14.9 Å². The summed E-state index contributed by atoms with van der Waals surface area (Å²) in [6.07, 6.45) is 0. The van der Waals surface area contributed by atoms with Crippen molar-refractivity contribution < 1.29 is 14.9 Å². The number of ether oxygens (including phenoxy) is 1. The van der Waals surface area contributed by atoms with Crippen LogP contribution in [-0.4, -0.2) is 36.4 Å². The topological polar surface area (TPSA) is 73.5 Å². The third-order valence-corrected chi connectivity index (χ3v) is 3.20. The van der Waals surface area contributed by atoms with Gasteiger partial charge >= 0.3 is 0 Å². The molecule has 2 radical (unpaired) electrons. The summed E-state index contributed by atoms with van der Waals surface area (Å²) in [7, 11) is 7.22. The van der Waals surface area contributed by atoms with Crippen LogP contribution in [0.1, 0.15) is 38.8 Å². The number of aliphatic hydroxyl groups is 2. The van der Waals surface area contributed by atoms with E-state index in [1.165, 1.54) is 7.11 Å². The number of methoxy groups -OCH3 is 1. The molecule has 0 aromatic heterocycles. The summed E-state index contributed by atoms with van der Waals surface area (Å²) in [4.78, 5) is 0. The summed E-state index contributed by atoms with van der Waals surface area (Å²) in [6, 6.07) is 5.40. The number of nitriles is 1. The highest BCUT2D eigenvalue weighted by Gasteiger charge is 2.31. The Morgan fingerprint density at radius 2 is 1.60 bits per heavy atom. The van der Waals surface area contributed by atoms with Gasteiger partial charge in [-0.2, -0.15) is 5.26 Å². The Morgan fingerprint density at radius 1 is 1.15 bits per heavy atom. The molecule has 0 bridgehead atoms. The van der Waals surface area contributed by atoms with E-state index in [1.54, 1.807) is 39.8 Å². The zero-order valence-electron chi connectivity index (χ0n) is 13.0. The van der Waals surface area contributed by atoms with E-state index in [-0.39, 0.29) is 0 Å². The maximum Gasteiger partial charge on any atom is 0.119 e. The molecule has 0 spiro atoms. The molecule has 2 N–H and O–H groups in total. The van der Waals surface area contributed by atoms with Crippen LogP contribution in [0.3, 0.4) is 0 Å². The largest absolute Gasteiger partial charge is 0.497 e. The average molecular weight is 275 g/mol. The molecule has 20 heavy (non-hydrogen) atoms. The van der Waals surface area contributed by atoms with Gasteiger partial charge in [-0.25, -0.2) is 0 Å². The fourth-order valence-corrected chi connectivity index (χ4v) is 0.999. The predicted octanol–water partition coefficient (Wildman–Crippen LogP) is 1.20. The Labute approximate surface area is 122 Å². The molecule has 0 unspecified atom stereocenters. The van der Waals surface area contributed by atoms with Crippen LogP contribution in [0, 0.1) is 18.3 Å². The molecule has 1 aromatic rings. The second kappa shape index (κ2) is 6.78. The van der Waals surface area contributed by atoms with E-state index < -0.39 is 11.2 Å². The van der Waals surface area contributed by atoms with Crippen molar-refractivity contribution in [1.29, 1.82) is 5.26 Å². The van der Waals surface area contributed by atoms with Gasteiger partial charge in [-0.05, 0) is 46.8 Å². The Hall–Kier alpha value is -1.51. The van der Waals surface area contributed by atoms with Crippen molar-refractivity contribution >= 4 is 13.3 Å². The van der Waals surface area contributed by atoms with E-state index >= 15 is 0 Å². The summed E-state index contributed by atoms with van der Waals surface area (Å²) in [5.74, 6) is 0.562. The molecule has 0 aliphatic rings. The Morgan fingerprint density at radius 3 is 1.90 bits per heavy atom. The van der Waals surface area contributed by atoms with Crippen molar-refractivity contribution in [1.82, 2.24) is 0 Å². The number of hydrogen-bond donors (Lipinski definition) is 2. The average Bonchev–Trinajstić information content (AvgIpc) is 2.30. The van der Waals surface area contributed by atoms with Crippen LogP contribution in [0.25, 0.3) is 0 Å². The van der Waals surface area contributed by atoms with Crippen molar-refractivity contribution in [3.05, 3.63) is 23.3 Å². The Kier molecular flexibility index (Phi) is 6.27. The van der Waals surface area contributed by atoms with Gasteiger partial charge in [0.2, 0.25) is 0 Å². The lowest BCUT2D eigenvalue weighted by Gasteiger charge is -2.31. The van der Waals surface area contributed by atoms with Gasteiger partial charge in [-0.15, -0.1) is 0 Å². The molecular formula is C15H22BNO3. The van der Waals surface area contributed by atoms with E-state index in [4.69, 9.17) is 28.1 Å². The lowest BCUT2D eigenvalue weighted by molar-refractivity contribution is -0.107. The predicted molar refractivity (Wildman–Crippen MR) is 80.4 cm³/mol. The van der Waals surface area contributed by atoms with E-state index in [0.29, 0.717) is 16.8 Å². The fraction of sp³-hybridized carbons (Fsp3) is 0.533. The summed E-state index contributed by atoms with van der Waals surface area (Å²) < 4.78 is 4.99. The Bertz CT molecular complexity index is 482. The molecule has 0 aliphatic carbocycles. The molecule has 4 nitrogen and oxygen atoms in total. The highest BCUT2D eigenvalue weighted by molar-refractivity contribution is 6.35. The van der Waals surface area contributed by atoms with Gasteiger partial charge in [-0.1, -0.05) is 11.0 Å². The normalized spacial score (nSPS) is 11.2. The molecule has 1 rings (SSSR count). The minimum absolute atomic E-state index is 0.562. The molecule has 108 valence electrons. The van der Waals surface area contributed by atoms with Crippen molar-refractivity contribution in [2.24, 2.45) is 0 Å². The van der Waals surface area contributed by atoms with Gasteiger partial charge in [-0.3, -0.25) is 0 Å². The van der Waals surface area contributed by atoms with Crippen LogP contribution < -0.4 is 10.2 Å². The zero-order valence-corrected chi connectivity index (χ0v) is 13.0. The van der Waals surface area contributed by atoms with E-state index in [9.17, 15) is 0 Å². The molecular weight excluding hydrogens is 253 g/mol. The fourth-order valence-electron chi connectivity index (χ4n) is 0.999. The lowest BCUT2D eigenvalue weighted by atomic mass is 9.89. The minimum Gasteiger partial charge on any atom is -0.497 e. The highest BCUT2D eigenvalue weighted by atomic mass is 16.5. The number of hydrogen-bond acceptors (Lipinski definition) is 4. The molecule has 0 heterocycles. The van der Waals surface area contributed by atoms with Crippen LogP contribution in [0.2, 0.25) is 0 Å². The number of rotatable bonds is 2. The van der Waals surface area contributed by atoms with Crippen LogP contribution in [0.4, 0.5) is 0 Å². The van der Waals surface area contributed by atoms with Crippen LogP contribution in [0.15, 0.2) is 12.1 Å². The van der Waals surface area contributed by atoms with Crippen LogP contribution in [-0.2, 0) is 0 Å². The SMILES string of the molecule is CC(C)(O)C(C)(C)O.[B]c1c(C)cc(C#N)cc1OC. The van der Waals surface area contributed by atoms with E-state index in [0.717, 1.165) is 5.56 Å². The van der Waals surface area contributed by atoms with Crippen molar-refractivity contribution in [3.8, 4) is 11.8 Å². The van der Waals surface area contributed by atoms with Crippen molar-refractivity contribution in [2.75, 3.05) is 7.11 Å². The molecule has 0 aliphatic heterocycles. The first-order valence-corrected chi connectivity index (χ1v) is 6.23. The second-order valence-corrected chi connectivity index (χ2v) is 5.64. The first kappa shape index (κ1) is 18.5. The van der Waals surface area contributed by atoms with Gasteiger partial charge in [0.25, 0.3) is 0 Å². The number of aryl methyl sites for hydroxylation is 1. The first-order chi connectivity index (χ1) is 8.94. The summed E-state index contributed by atoms with van der Waals surface area (Å²) in [6.45, 7) is 8.15. The van der Waals surface area contributed by atoms with E-state index in [2.05, 4.69) is 0 Å². The lowest BCUT2D eigenvalue weighted by Crippen LogP contribution is -2.44.